The minimum atomic E-state index is -0.387. The Morgan fingerprint density at radius 1 is 1.32 bits per heavy atom. The van der Waals surface area contributed by atoms with Crippen molar-refractivity contribution in [1.82, 2.24) is 15.5 Å². The van der Waals surface area contributed by atoms with Crippen LogP contribution in [0.15, 0.2) is 27.4 Å². The molecule has 1 amide bonds. The van der Waals surface area contributed by atoms with Gasteiger partial charge in [0.25, 0.3) is 0 Å². The molecule has 1 fully saturated rings. The molecule has 7 nitrogen and oxygen atoms in total. The highest BCUT2D eigenvalue weighted by atomic mass is 35.5. The lowest BCUT2D eigenvalue weighted by molar-refractivity contribution is -0.121. The summed E-state index contributed by atoms with van der Waals surface area (Å²) in [6.07, 6.45) is 0.643. The Kier molecular flexibility index (Phi) is 8.29. The summed E-state index contributed by atoms with van der Waals surface area (Å²) in [6, 6.07) is 5.42. The maximum Gasteiger partial charge on any atom is 0.339 e. The molecule has 0 aliphatic carbocycles. The van der Waals surface area contributed by atoms with Gasteiger partial charge in [0.2, 0.25) is 5.91 Å². The SMILES string of the molecule is COc1ccc2c(C)c(CCC(=O)NCCN3CCNCC3)c(=O)oc2c1.Cl. The van der Waals surface area contributed by atoms with Crippen LogP contribution in [0.25, 0.3) is 11.0 Å². The summed E-state index contributed by atoms with van der Waals surface area (Å²) in [7, 11) is 1.57. The summed E-state index contributed by atoms with van der Waals surface area (Å²) < 4.78 is 10.6. The van der Waals surface area contributed by atoms with E-state index in [2.05, 4.69) is 15.5 Å². The quantitative estimate of drug-likeness (QED) is 0.674. The molecule has 1 aromatic heterocycles. The minimum Gasteiger partial charge on any atom is -0.497 e. The number of amides is 1. The van der Waals surface area contributed by atoms with Gasteiger partial charge in [-0.05, 0) is 31.0 Å². The molecule has 154 valence electrons. The maximum absolute atomic E-state index is 12.3. The second-order valence-electron chi connectivity index (χ2n) is 6.80. The van der Waals surface area contributed by atoms with E-state index < -0.39 is 0 Å². The van der Waals surface area contributed by atoms with Crippen LogP contribution in [-0.4, -0.2) is 57.2 Å². The fraction of sp³-hybridized carbons (Fsp3) is 0.500. The molecule has 0 saturated carbocycles. The number of hydrogen-bond donors (Lipinski definition) is 2. The third kappa shape index (κ3) is 5.47. The number of carbonyl (C=O) groups excluding carboxylic acids is 1. The second-order valence-corrected chi connectivity index (χ2v) is 6.80. The number of nitrogens with zero attached hydrogens (tertiary/aromatic N) is 1. The van der Waals surface area contributed by atoms with Gasteiger partial charge in [-0.2, -0.15) is 0 Å². The Morgan fingerprint density at radius 2 is 2.07 bits per heavy atom. The van der Waals surface area contributed by atoms with Crippen molar-refractivity contribution in [2.75, 3.05) is 46.4 Å². The number of nitrogens with one attached hydrogen (secondary N) is 2. The van der Waals surface area contributed by atoms with E-state index in [4.69, 9.17) is 9.15 Å². The van der Waals surface area contributed by atoms with Gasteiger partial charge in [0.05, 0.1) is 7.11 Å². The molecule has 0 atom stereocenters. The van der Waals surface area contributed by atoms with Gasteiger partial charge in [0.15, 0.2) is 0 Å². The first-order valence-electron chi connectivity index (χ1n) is 9.38. The monoisotopic (exact) mass is 409 g/mol. The van der Waals surface area contributed by atoms with Crippen LogP contribution in [0.3, 0.4) is 0 Å². The Labute approximate surface area is 170 Å². The lowest BCUT2D eigenvalue weighted by Crippen LogP contribution is -2.46. The summed E-state index contributed by atoms with van der Waals surface area (Å²) in [6.45, 7) is 7.39. The molecule has 8 heteroatoms. The Balaban J connectivity index is 0.00000280. The highest BCUT2D eigenvalue weighted by Gasteiger charge is 2.14. The van der Waals surface area contributed by atoms with Crippen LogP contribution in [0, 0.1) is 6.92 Å². The van der Waals surface area contributed by atoms with Crippen molar-refractivity contribution in [1.29, 1.82) is 0 Å². The van der Waals surface area contributed by atoms with Crippen LogP contribution in [0.2, 0.25) is 0 Å². The maximum atomic E-state index is 12.3. The van der Waals surface area contributed by atoms with Gasteiger partial charge in [-0.1, -0.05) is 0 Å². The van der Waals surface area contributed by atoms with Gasteiger partial charge in [-0.25, -0.2) is 4.79 Å². The number of methoxy groups -OCH3 is 1. The lowest BCUT2D eigenvalue weighted by atomic mass is 10.0. The first kappa shape index (κ1) is 22.2. The summed E-state index contributed by atoms with van der Waals surface area (Å²) in [5.41, 5.74) is 1.53. The molecule has 28 heavy (non-hydrogen) atoms. The van der Waals surface area contributed by atoms with Gasteiger partial charge in [0.1, 0.15) is 11.3 Å². The van der Waals surface area contributed by atoms with Crippen LogP contribution in [-0.2, 0) is 11.2 Å². The van der Waals surface area contributed by atoms with Crippen LogP contribution in [0.4, 0.5) is 0 Å². The third-order valence-corrected chi connectivity index (χ3v) is 5.06. The number of rotatable bonds is 7. The largest absolute Gasteiger partial charge is 0.497 e. The van der Waals surface area contributed by atoms with E-state index in [-0.39, 0.29) is 30.4 Å². The van der Waals surface area contributed by atoms with E-state index in [9.17, 15) is 9.59 Å². The van der Waals surface area contributed by atoms with E-state index in [0.717, 1.165) is 43.7 Å². The van der Waals surface area contributed by atoms with E-state index in [1.807, 2.05) is 19.1 Å². The molecule has 0 bridgehead atoms. The molecule has 1 aromatic carbocycles. The third-order valence-electron chi connectivity index (χ3n) is 5.06. The van der Waals surface area contributed by atoms with Crippen LogP contribution < -0.4 is 21.0 Å². The van der Waals surface area contributed by atoms with E-state index in [1.165, 1.54) is 0 Å². The van der Waals surface area contributed by atoms with Gasteiger partial charge >= 0.3 is 5.63 Å². The molecule has 2 heterocycles. The Hall–Kier alpha value is -2.09. The number of halogens is 1. The number of aryl methyl sites for hydroxylation is 1. The molecule has 2 aromatic rings. The van der Waals surface area contributed by atoms with Crippen LogP contribution in [0.5, 0.6) is 5.75 Å². The van der Waals surface area contributed by atoms with E-state index in [1.54, 1.807) is 13.2 Å². The number of hydrogen-bond acceptors (Lipinski definition) is 6. The average molecular weight is 410 g/mol. The van der Waals surface area contributed by atoms with Crippen molar-refractivity contribution in [3.05, 3.63) is 39.7 Å². The van der Waals surface area contributed by atoms with Crippen molar-refractivity contribution >= 4 is 29.3 Å². The molecule has 1 saturated heterocycles. The predicted octanol–water partition coefficient (Wildman–Crippen LogP) is 1.49. The van der Waals surface area contributed by atoms with Crippen molar-refractivity contribution in [3.8, 4) is 5.75 Å². The highest BCUT2D eigenvalue weighted by Crippen LogP contribution is 2.24. The summed E-state index contributed by atoms with van der Waals surface area (Å²) in [4.78, 5) is 26.8. The van der Waals surface area contributed by atoms with E-state index >= 15 is 0 Å². The lowest BCUT2D eigenvalue weighted by Gasteiger charge is -2.27. The van der Waals surface area contributed by atoms with Crippen molar-refractivity contribution < 1.29 is 13.9 Å². The summed E-state index contributed by atoms with van der Waals surface area (Å²) in [5.74, 6) is 0.598. The average Bonchev–Trinajstić information content (AvgIpc) is 2.68. The first-order valence-corrected chi connectivity index (χ1v) is 9.38. The topological polar surface area (TPSA) is 83.8 Å². The molecule has 2 N–H and O–H groups in total. The molecule has 0 unspecified atom stereocenters. The molecule has 1 aliphatic rings. The number of carbonyl (C=O) groups is 1. The van der Waals surface area contributed by atoms with Crippen LogP contribution >= 0.6 is 12.4 Å². The van der Waals surface area contributed by atoms with Crippen LogP contribution in [0.1, 0.15) is 17.5 Å². The fourth-order valence-electron chi connectivity index (χ4n) is 3.41. The Morgan fingerprint density at radius 3 is 2.79 bits per heavy atom. The standard InChI is InChI=1S/C20H27N3O4.ClH/c1-14-16-4-3-15(26-2)13-18(16)27-20(25)17(14)5-6-19(24)22-9-12-23-10-7-21-8-11-23;/h3-4,13,21H,5-12H2,1-2H3,(H,22,24);1H. The number of benzene rings is 1. The first-order chi connectivity index (χ1) is 13.1. The zero-order chi connectivity index (χ0) is 19.2. The van der Waals surface area contributed by atoms with Crippen molar-refractivity contribution in [2.45, 2.75) is 19.8 Å². The fourth-order valence-corrected chi connectivity index (χ4v) is 3.41. The molecular weight excluding hydrogens is 382 g/mol. The van der Waals surface area contributed by atoms with Gasteiger partial charge < -0.3 is 19.8 Å². The van der Waals surface area contributed by atoms with Crippen molar-refractivity contribution in [2.24, 2.45) is 0 Å². The van der Waals surface area contributed by atoms with E-state index in [0.29, 0.717) is 29.9 Å². The molecule has 0 radical (unpaired) electrons. The molecule has 0 spiro atoms. The summed E-state index contributed by atoms with van der Waals surface area (Å²) >= 11 is 0. The zero-order valence-corrected chi connectivity index (χ0v) is 17.2. The van der Waals surface area contributed by atoms with Gasteiger partial charge in [-0.15, -0.1) is 12.4 Å². The van der Waals surface area contributed by atoms with Gasteiger partial charge in [-0.3, -0.25) is 9.69 Å². The molecule has 3 rings (SSSR count). The zero-order valence-electron chi connectivity index (χ0n) is 16.4. The minimum absolute atomic E-state index is 0. The second kappa shape index (κ2) is 10.5. The summed E-state index contributed by atoms with van der Waals surface area (Å²) in [5, 5.41) is 7.11. The van der Waals surface area contributed by atoms with Gasteiger partial charge in [0, 0.05) is 62.7 Å². The molecular formula is C20H28ClN3O4. The normalized spacial score (nSPS) is 14.5. The van der Waals surface area contributed by atoms with Crippen molar-refractivity contribution in [3.63, 3.8) is 0 Å². The highest BCUT2D eigenvalue weighted by molar-refractivity contribution is 5.85. The smallest absolute Gasteiger partial charge is 0.339 e. The molecule has 1 aliphatic heterocycles. The number of fused-ring (bicyclic) bond motifs is 1. The number of ether oxygens (including phenoxy) is 1. The Bertz CT molecular complexity index is 862. The number of piperazine rings is 1. The predicted molar refractivity (Wildman–Crippen MR) is 112 cm³/mol.